The average Bonchev–Trinajstić information content (AvgIpc) is 2.70. The van der Waals surface area contributed by atoms with Crippen molar-refractivity contribution in [3.63, 3.8) is 0 Å². The number of hydrogen-bond donors (Lipinski definition) is 1. The van der Waals surface area contributed by atoms with Crippen molar-refractivity contribution in [1.29, 1.82) is 0 Å². The SMILES string of the molecule is O=C(Nc1cccc(Cl)c1Cl)C1CCN(C(=O)/C=C/c2ccccc2)CC1. The lowest BCUT2D eigenvalue weighted by Crippen LogP contribution is -2.40. The largest absolute Gasteiger partial charge is 0.339 e. The van der Waals surface area contributed by atoms with E-state index < -0.39 is 0 Å². The zero-order valence-corrected chi connectivity index (χ0v) is 16.2. The number of likely N-dealkylation sites (tertiary alicyclic amines) is 1. The highest BCUT2D eigenvalue weighted by Crippen LogP contribution is 2.30. The molecule has 0 bridgehead atoms. The third kappa shape index (κ3) is 5.12. The van der Waals surface area contributed by atoms with Crippen LogP contribution in [0.25, 0.3) is 6.08 Å². The van der Waals surface area contributed by atoms with Crippen molar-refractivity contribution in [3.8, 4) is 0 Å². The van der Waals surface area contributed by atoms with Crippen LogP contribution in [0.1, 0.15) is 18.4 Å². The number of rotatable bonds is 4. The average molecular weight is 403 g/mol. The molecule has 1 fully saturated rings. The van der Waals surface area contributed by atoms with Gasteiger partial charge in [0.25, 0.3) is 0 Å². The quantitative estimate of drug-likeness (QED) is 0.740. The molecule has 0 unspecified atom stereocenters. The normalized spacial score (nSPS) is 15.1. The minimum atomic E-state index is -0.151. The third-order valence-electron chi connectivity index (χ3n) is 4.60. The number of benzene rings is 2. The first-order valence-corrected chi connectivity index (χ1v) is 9.57. The Kier molecular flexibility index (Phi) is 6.54. The summed E-state index contributed by atoms with van der Waals surface area (Å²) in [5, 5.41) is 3.58. The van der Waals surface area contributed by atoms with Crippen LogP contribution in [0.5, 0.6) is 0 Å². The minimum Gasteiger partial charge on any atom is -0.339 e. The number of piperidine rings is 1. The lowest BCUT2D eigenvalue weighted by atomic mass is 9.95. The third-order valence-corrected chi connectivity index (χ3v) is 5.42. The zero-order valence-electron chi connectivity index (χ0n) is 14.7. The second-order valence-corrected chi connectivity index (χ2v) is 7.22. The summed E-state index contributed by atoms with van der Waals surface area (Å²) in [6, 6.07) is 14.8. The van der Waals surface area contributed by atoms with E-state index in [0.717, 1.165) is 5.56 Å². The van der Waals surface area contributed by atoms with Gasteiger partial charge in [-0.05, 0) is 36.6 Å². The van der Waals surface area contributed by atoms with Crippen molar-refractivity contribution in [1.82, 2.24) is 4.90 Å². The Morgan fingerprint density at radius 1 is 1.00 bits per heavy atom. The summed E-state index contributed by atoms with van der Waals surface area (Å²) < 4.78 is 0. The standard InChI is InChI=1S/C21H20Cl2N2O2/c22-17-7-4-8-18(20(17)23)24-21(27)16-11-13-25(14-12-16)19(26)10-9-15-5-2-1-3-6-15/h1-10,16H,11-14H2,(H,24,27)/b10-9+. The summed E-state index contributed by atoms with van der Waals surface area (Å²) >= 11 is 12.1. The molecular formula is C21H20Cl2N2O2. The van der Waals surface area contributed by atoms with E-state index in [1.807, 2.05) is 36.4 Å². The van der Waals surface area contributed by atoms with Crippen LogP contribution in [-0.2, 0) is 9.59 Å². The molecule has 140 valence electrons. The van der Waals surface area contributed by atoms with Crippen LogP contribution in [0.2, 0.25) is 10.0 Å². The van der Waals surface area contributed by atoms with E-state index >= 15 is 0 Å². The van der Waals surface area contributed by atoms with Crippen molar-refractivity contribution in [3.05, 3.63) is 70.2 Å². The van der Waals surface area contributed by atoms with E-state index in [1.54, 1.807) is 29.2 Å². The molecule has 0 atom stereocenters. The second-order valence-electron chi connectivity index (χ2n) is 6.43. The molecule has 1 aliphatic rings. The van der Waals surface area contributed by atoms with E-state index in [0.29, 0.717) is 41.7 Å². The van der Waals surface area contributed by atoms with Crippen LogP contribution >= 0.6 is 23.2 Å². The Balaban J connectivity index is 1.52. The minimum absolute atomic E-state index is 0.0319. The van der Waals surface area contributed by atoms with E-state index in [-0.39, 0.29) is 17.7 Å². The monoisotopic (exact) mass is 402 g/mol. The highest BCUT2D eigenvalue weighted by molar-refractivity contribution is 6.44. The predicted octanol–water partition coefficient (Wildman–Crippen LogP) is 4.88. The van der Waals surface area contributed by atoms with Gasteiger partial charge in [-0.3, -0.25) is 9.59 Å². The Morgan fingerprint density at radius 3 is 2.41 bits per heavy atom. The molecule has 6 heteroatoms. The molecule has 3 rings (SSSR count). The van der Waals surface area contributed by atoms with E-state index in [2.05, 4.69) is 5.32 Å². The maximum atomic E-state index is 12.5. The van der Waals surface area contributed by atoms with Gasteiger partial charge in [-0.25, -0.2) is 0 Å². The Morgan fingerprint density at radius 2 is 1.70 bits per heavy atom. The molecule has 2 amide bonds. The predicted molar refractivity (Wildman–Crippen MR) is 110 cm³/mol. The molecule has 4 nitrogen and oxygen atoms in total. The summed E-state index contributed by atoms with van der Waals surface area (Å²) in [6.07, 6.45) is 4.63. The molecule has 1 heterocycles. The fourth-order valence-electron chi connectivity index (χ4n) is 3.03. The first-order chi connectivity index (χ1) is 13.0. The van der Waals surface area contributed by atoms with Crippen molar-refractivity contribution in [2.45, 2.75) is 12.8 Å². The van der Waals surface area contributed by atoms with Gasteiger partial charge in [-0.2, -0.15) is 0 Å². The zero-order chi connectivity index (χ0) is 19.2. The fraction of sp³-hybridized carbons (Fsp3) is 0.238. The maximum Gasteiger partial charge on any atom is 0.246 e. The molecule has 27 heavy (non-hydrogen) atoms. The van der Waals surface area contributed by atoms with E-state index in [4.69, 9.17) is 23.2 Å². The van der Waals surface area contributed by atoms with Crippen LogP contribution in [0, 0.1) is 5.92 Å². The molecule has 0 spiro atoms. The number of amides is 2. The molecular weight excluding hydrogens is 383 g/mol. The number of hydrogen-bond acceptors (Lipinski definition) is 2. The van der Waals surface area contributed by atoms with Crippen LogP contribution in [-0.4, -0.2) is 29.8 Å². The number of halogens is 2. The maximum absolute atomic E-state index is 12.5. The molecule has 2 aromatic rings. The first-order valence-electron chi connectivity index (χ1n) is 8.81. The molecule has 1 aliphatic heterocycles. The van der Waals surface area contributed by atoms with Gasteiger partial charge in [0.05, 0.1) is 15.7 Å². The number of anilines is 1. The van der Waals surface area contributed by atoms with E-state index in [1.165, 1.54) is 0 Å². The first kappa shape index (κ1) is 19.5. The Labute approximate surface area is 168 Å². The molecule has 0 aliphatic carbocycles. The van der Waals surface area contributed by atoms with Crippen LogP contribution < -0.4 is 5.32 Å². The van der Waals surface area contributed by atoms with Crippen molar-refractivity contribution in [2.24, 2.45) is 5.92 Å². The lowest BCUT2D eigenvalue weighted by molar-refractivity contribution is -0.130. The van der Waals surface area contributed by atoms with Gasteiger partial charge in [0.2, 0.25) is 11.8 Å². The Bertz CT molecular complexity index is 845. The molecule has 0 saturated carbocycles. The van der Waals surface area contributed by atoms with Crippen molar-refractivity contribution in [2.75, 3.05) is 18.4 Å². The Hall–Kier alpha value is -2.30. The summed E-state index contributed by atoms with van der Waals surface area (Å²) in [5.41, 5.74) is 1.50. The topological polar surface area (TPSA) is 49.4 Å². The lowest BCUT2D eigenvalue weighted by Gasteiger charge is -2.30. The smallest absolute Gasteiger partial charge is 0.246 e. The summed E-state index contributed by atoms with van der Waals surface area (Å²) in [5.74, 6) is -0.274. The van der Waals surface area contributed by atoms with Gasteiger partial charge in [-0.15, -0.1) is 0 Å². The number of carbonyl (C=O) groups is 2. The van der Waals surface area contributed by atoms with Crippen LogP contribution in [0.4, 0.5) is 5.69 Å². The van der Waals surface area contributed by atoms with Crippen molar-refractivity contribution >= 4 is 46.8 Å². The van der Waals surface area contributed by atoms with Gasteiger partial charge in [0.15, 0.2) is 0 Å². The molecule has 1 N–H and O–H groups in total. The number of nitrogens with zero attached hydrogens (tertiary/aromatic N) is 1. The fourth-order valence-corrected chi connectivity index (χ4v) is 3.38. The summed E-state index contributed by atoms with van der Waals surface area (Å²) in [7, 11) is 0. The molecule has 1 saturated heterocycles. The number of carbonyl (C=O) groups excluding carboxylic acids is 2. The highest BCUT2D eigenvalue weighted by Gasteiger charge is 2.27. The second kappa shape index (κ2) is 9.07. The van der Waals surface area contributed by atoms with Crippen molar-refractivity contribution < 1.29 is 9.59 Å². The van der Waals surface area contributed by atoms with Gasteiger partial charge in [0, 0.05) is 25.1 Å². The summed E-state index contributed by atoms with van der Waals surface area (Å²) in [4.78, 5) is 26.6. The van der Waals surface area contributed by atoms with Gasteiger partial charge < -0.3 is 10.2 Å². The molecule has 0 aromatic heterocycles. The van der Waals surface area contributed by atoms with Gasteiger partial charge in [-0.1, -0.05) is 59.6 Å². The van der Waals surface area contributed by atoms with Crippen LogP contribution in [0.15, 0.2) is 54.6 Å². The number of nitrogens with one attached hydrogen (secondary N) is 1. The van der Waals surface area contributed by atoms with Gasteiger partial charge >= 0.3 is 0 Å². The van der Waals surface area contributed by atoms with Gasteiger partial charge in [0.1, 0.15) is 0 Å². The summed E-state index contributed by atoms with van der Waals surface area (Å²) in [6.45, 7) is 1.11. The van der Waals surface area contributed by atoms with E-state index in [9.17, 15) is 9.59 Å². The molecule has 2 aromatic carbocycles. The molecule has 0 radical (unpaired) electrons. The van der Waals surface area contributed by atoms with Crippen LogP contribution in [0.3, 0.4) is 0 Å². The highest BCUT2D eigenvalue weighted by atomic mass is 35.5.